The number of rotatable bonds is 7. The minimum atomic E-state index is -0.832. The van der Waals surface area contributed by atoms with Crippen LogP contribution in [0, 0.1) is 0 Å². The molecule has 114 valence electrons. The van der Waals surface area contributed by atoms with E-state index in [0.29, 0.717) is 0 Å². The van der Waals surface area contributed by atoms with Crippen LogP contribution in [0.15, 0.2) is 17.3 Å². The number of carboxylic acids is 1. The highest BCUT2D eigenvalue weighted by Crippen LogP contribution is 2.26. The Balaban J connectivity index is 2.43. The topological polar surface area (TPSA) is 72.9 Å². The highest BCUT2D eigenvalue weighted by atomic mass is 32.2. The first-order valence-corrected chi connectivity index (χ1v) is 7.94. The van der Waals surface area contributed by atoms with E-state index in [2.05, 4.69) is 20.7 Å². The predicted molar refractivity (Wildman–Crippen MR) is 83.7 cm³/mol. The van der Waals surface area contributed by atoms with E-state index in [1.807, 2.05) is 31.7 Å². The molecule has 2 rings (SSSR count). The molecule has 2 aromatic rings. The number of fused-ring (bicyclic) bond motifs is 1. The van der Waals surface area contributed by atoms with Gasteiger partial charge in [-0.3, -0.25) is 9.48 Å². The number of aryl methyl sites for hydroxylation is 3. The average molecular weight is 308 g/mol. The van der Waals surface area contributed by atoms with Crippen LogP contribution < -0.4 is 0 Å². The van der Waals surface area contributed by atoms with Gasteiger partial charge in [0.1, 0.15) is 5.52 Å². The largest absolute Gasteiger partial charge is 0.481 e. The number of aromatic nitrogens is 4. The molecule has 0 atom stereocenters. The van der Waals surface area contributed by atoms with Gasteiger partial charge in [-0.05, 0) is 19.8 Å². The Morgan fingerprint density at radius 1 is 1.48 bits per heavy atom. The summed E-state index contributed by atoms with van der Waals surface area (Å²) in [7, 11) is 1.90. The van der Waals surface area contributed by atoms with E-state index in [1.54, 1.807) is 0 Å². The van der Waals surface area contributed by atoms with E-state index in [4.69, 9.17) is 5.11 Å². The van der Waals surface area contributed by atoms with E-state index in [1.165, 1.54) is 11.8 Å². The average Bonchev–Trinajstić information content (AvgIpc) is 2.95. The van der Waals surface area contributed by atoms with Crippen LogP contribution in [0.25, 0.3) is 11.2 Å². The first-order valence-electron chi connectivity index (χ1n) is 6.96. The Kier molecular flexibility index (Phi) is 5.06. The van der Waals surface area contributed by atoms with Crippen LogP contribution in [-0.2, 0) is 24.8 Å². The van der Waals surface area contributed by atoms with Gasteiger partial charge in [-0.25, -0.2) is 4.98 Å². The van der Waals surface area contributed by atoms with Crippen molar-refractivity contribution in [1.82, 2.24) is 19.3 Å². The van der Waals surface area contributed by atoms with E-state index in [0.717, 1.165) is 41.4 Å². The summed E-state index contributed by atoms with van der Waals surface area (Å²) in [5.41, 5.74) is 2.80. The Morgan fingerprint density at radius 2 is 2.24 bits per heavy atom. The van der Waals surface area contributed by atoms with E-state index >= 15 is 0 Å². The van der Waals surface area contributed by atoms with Crippen LogP contribution in [0.2, 0.25) is 0 Å². The molecule has 0 amide bonds. The van der Waals surface area contributed by atoms with Crippen molar-refractivity contribution in [3.8, 4) is 0 Å². The molecular weight excluding hydrogens is 288 g/mol. The van der Waals surface area contributed by atoms with Crippen molar-refractivity contribution in [2.75, 3.05) is 5.75 Å². The zero-order chi connectivity index (χ0) is 15.4. The van der Waals surface area contributed by atoms with Crippen LogP contribution in [0.3, 0.4) is 0 Å². The molecule has 6 nitrogen and oxygen atoms in total. The lowest BCUT2D eigenvalue weighted by molar-refractivity contribution is -0.133. The van der Waals surface area contributed by atoms with Gasteiger partial charge >= 0.3 is 5.97 Å². The van der Waals surface area contributed by atoms with Crippen molar-refractivity contribution in [3.63, 3.8) is 0 Å². The van der Waals surface area contributed by atoms with Crippen molar-refractivity contribution in [2.24, 2.45) is 7.05 Å². The van der Waals surface area contributed by atoms with Crippen LogP contribution in [0.5, 0.6) is 0 Å². The van der Waals surface area contributed by atoms with Gasteiger partial charge in [0.2, 0.25) is 0 Å². The summed E-state index contributed by atoms with van der Waals surface area (Å²) in [5.74, 6) is -0.817. The first-order chi connectivity index (χ1) is 10.1. The van der Waals surface area contributed by atoms with Gasteiger partial charge in [0.15, 0.2) is 10.8 Å². The number of aliphatic carboxylic acids is 1. The number of carboxylic acid groups (broad SMARTS) is 1. The number of nitrogens with zero attached hydrogens (tertiary/aromatic N) is 4. The number of imidazole rings is 1. The van der Waals surface area contributed by atoms with Crippen molar-refractivity contribution in [1.29, 1.82) is 0 Å². The van der Waals surface area contributed by atoms with Crippen LogP contribution in [0.1, 0.15) is 26.0 Å². The number of thioether (sulfide) groups is 1. The molecule has 0 fully saturated rings. The molecule has 21 heavy (non-hydrogen) atoms. The standard InChI is InChI=1S/C14H20N4O2S/c1-4-6-7-8-18-13-12(10(5-2)16-17(13)3)15-14(18)21-9-11(19)20/h4,6H,5,7-9H2,1-3H3,(H,19,20)/b6-4+. The Hall–Kier alpha value is -1.76. The Morgan fingerprint density at radius 3 is 2.86 bits per heavy atom. The van der Waals surface area contributed by atoms with Crippen molar-refractivity contribution in [3.05, 3.63) is 17.8 Å². The molecule has 0 aliphatic heterocycles. The summed E-state index contributed by atoms with van der Waals surface area (Å²) in [6.45, 7) is 4.80. The summed E-state index contributed by atoms with van der Waals surface area (Å²) in [5, 5.41) is 14.1. The van der Waals surface area contributed by atoms with Gasteiger partial charge in [-0.15, -0.1) is 0 Å². The Labute approximate surface area is 127 Å². The fourth-order valence-corrected chi connectivity index (χ4v) is 3.01. The fraction of sp³-hybridized carbons (Fsp3) is 0.500. The Bertz CT molecular complexity index is 672. The smallest absolute Gasteiger partial charge is 0.313 e. The maximum Gasteiger partial charge on any atom is 0.313 e. The number of hydrogen-bond acceptors (Lipinski definition) is 4. The lowest BCUT2D eigenvalue weighted by Crippen LogP contribution is -2.06. The quantitative estimate of drug-likeness (QED) is 0.628. The SMILES string of the molecule is C/C=C/CCn1c(SCC(=O)O)nc2c(CC)nn(C)c21. The lowest BCUT2D eigenvalue weighted by Gasteiger charge is -2.07. The summed E-state index contributed by atoms with van der Waals surface area (Å²) in [4.78, 5) is 15.4. The van der Waals surface area contributed by atoms with Gasteiger partial charge in [-0.1, -0.05) is 30.8 Å². The lowest BCUT2D eigenvalue weighted by atomic mass is 10.3. The van der Waals surface area contributed by atoms with Crippen molar-refractivity contribution in [2.45, 2.75) is 38.4 Å². The second-order valence-electron chi connectivity index (χ2n) is 4.68. The van der Waals surface area contributed by atoms with Crippen LogP contribution >= 0.6 is 11.8 Å². The molecule has 1 N–H and O–H groups in total. The minimum Gasteiger partial charge on any atom is -0.481 e. The summed E-state index contributed by atoms with van der Waals surface area (Å²) >= 11 is 1.26. The summed E-state index contributed by atoms with van der Waals surface area (Å²) in [6.07, 6.45) is 5.80. The van der Waals surface area contributed by atoms with Crippen LogP contribution in [-0.4, -0.2) is 36.2 Å². The molecule has 0 saturated carbocycles. The zero-order valence-electron chi connectivity index (χ0n) is 12.5. The molecule has 0 aromatic carbocycles. The molecule has 0 radical (unpaired) electrons. The third kappa shape index (κ3) is 3.29. The molecule has 0 bridgehead atoms. The number of allylic oxidation sites excluding steroid dienone is 2. The fourth-order valence-electron chi connectivity index (χ4n) is 2.27. The highest BCUT2D eigenvalue weighted by molar-refractivity contribution is 7.99. The third-order valence-corrected chi connectivity index (χ3v) is 4.13. The summed E-state index contributed by atoms with van der Waals surface area (Å²) < 4.78 is 3.90. The summed E-state index contributed by atoms with van der Waals surface area (Å²) in [6, 6.07) is 0. The number of hydrogen-bond donors (Lipinski definition) is 1. The molecule has 0 aliphatic rings. The van der Waals surface area contributed by atoms with E-state index in [-0.39, 0.29) is 5.75 Å². The van der Waals surface area contributed by atoms with Crippen LogP contribution in [0.4, 0.5) is 0 Å². The molecule has 2 heterocycles. The molecule has 0 spiro atoms. The van der Waals surface area contributed by atoms with Gasteiger partial charge in [0, 0.05) is 13.6 Å². The van der Waals surface area contributed by atoms with Gasteiger partial charge < -0.3 is 9.67 Å². The zero-order valence-corrected chi connectivity index (χ0v) is 13.4. The van der Waals surface area contributed by atoms with Gasteiger partial charge in [0.05, 0.1) is 11.4 Å². The normalized spacial score (nSPS) is 11.8. The third-order valence-electron chi connectivity index (χ3n) is 3.17. The second kappa shape index (κ2) is 6.80. The molecule has 7 heteroatoms. The van der Waals surface area contributed by atoms with E-state index in [9.17, 15) is 4.79 Å². The number of carbonyl (C=O) groups is 1. The van der Waals surface area contributed by atoms with Crippen molar-refractivity contribution < 1.29 is 9.90 Å². The molecule has 0 saturated heterocycles. The van der Waals surface area contributed by atoms with Gasteiger partial charge in [0.25, 0.3) is 0 Å². The first kappa shape index (κ1) is 15.6. The van der Waals surface area contributed by atoms with Crippen molar-refractivity contribution >= 4 is 28.9 Å². The second-order valence-corrected chi connectivity index (χ2v) is 5.62. The molecule has 2 aromatic heterocycles. The minimum absolute atomic E-state index is 0.0157. The maximum atomic E-state index is 10.8. The maximum absolute atomic E-state index is 10.8. The van der Waals surface area contributed by atoms with Gasteiger partial charge in [-0.2, -0.15) is 5.10 Å². The molecular formula is C14H20N4O2S. The predicted octanol–water partition coefficient (Wildman–Crippen LogP) is 2.48. The highest BCUT2D eigenvalue weighted by Gasteiger charge is 2.19. The monoisotopic (exact) mass is 308 g/mol. The van der Waals surface area contributed by atoms with E-state index < -0.39 is 5.97 Å². The molecule has 0 unspecified atom stereocenters. The molecule has 0 aliphatic carbocycles.